The quantitative estimate of drug-likeness (QED) is 0.267. The number of thiophene rings is 1. The van der Waals surface area contributed by atoms with Gasteiger partial charge in [-0.15, -0.1) is 11.3 Å². The Morgan fingerprint density at radius 1 is 1.00 bits per heavy atom. The van der Waals surface area contributed by atoms with E-state index in [9.17, 15) is 19.2 Å². The summed E-state index contributed by atoms with van der Waals surface area (Å²) >= 11 is 1.25. The fraction of sp³-hybridized carbons (Fsp3) is 0.120. The van der Waals surface area contributed by atoms with Gasteiger partial charge >= 0.3 is 5.97 Å². The van der Waals surface area contributed by atoms with Crippen molar-refractivity contribution in [3.8, 4) is 0 Å². The minimum absolute atomic E-state index is 0.177. The Kier molecular flexibility index (Phi) is 7.22. The van der Waals surface area contributed by atoms with E-state index >= 15 is 0 Å². The lowest BCUT2D eigenvalue weighted by molar-refractivity contribution is -0.149. The van der Waals surface area contributed by atoms with E-state index in [-0.39, 0.29) is 6.42 Å². The number of para-hydroxylation sites is 1. The number of nitrogens with one attached hydrogen (secondary N) is 3. The van der Waals surface area contributed by atoms with Gasteiger partial charge in [0.25, 0.3) is 11.8 Å². The largest absolute Gasteiger partial charge is 0.454 e. The molecule has 0 fully saturated rings. The van der Waals surface area contributed by atoms with Gasteiger partial charge in [-0.2, -0.15) is 0 Å². The minimum Gasteiger partial charge on any atom is -0.454 e. The molecular weight excluding hydrogens is 468 g/mol. The number of ether oxygens (including phenoxy) is 1. The van der Waals surface area contributed by atoms with Crippen molar-refractivity contribution < 1.29 is 23.9 Å². The first-order chi connectivity index (χ1) is 16.9. The third-order valence-electron chi connectivity index (χ3n) is 5.23. The van der Waals surface area contributed by atoms with Gasteiger partial charge in [0.1, 0.15) is 6.04 Å². The molecule has 35 heavy (non-hydrogen) atoms. The number of hydrogen-bond donors (Lipinski definition) is 4. The van der Waals surface area contributed by atoms with Crippen molar-refractivity contribution >= 4 is 51.6 Å². The molecule has 3 amide bonds. The molecule has 2 aromatic heterocycles. The van der Waals surface area contributed by atoms with Crippen molar-refractivity contribution in [2.24, 2.45) is 5.73 Å². The summed E-state index contributed by atoms with van der Waals surface area (Å²) in [6.45, 7) is -0.546. The van der Waals surface area contributed by atoms with Crippen molar-refractivity contribution in [1.29, 1.82) is 0 Å². The maximum absolute atomic E-state index is 12.9. The van der Waals surface area contributed by atoms with Gasteiger partial charge < -0.3 is 26.1 Å². The highest BCUT2D eigenvalue weighted by molar-refractivity contribution is 7.12. The number of nitrogens with two attached hydrogens (primary N) is 1. The molecule has 0 saturated heterocycles. The molecule has 9 nitrogen and oxygen atoms in total. The van der Waals surface area contributed by atoms with E-state index in [1.807, 2.05) is 24.3 Å². The number of hydrogen-bond acceptors (Lipinski definition) is 6. The molecule has 178 valence electrons. The Bertz CT molecular complexity index is 1360. The lowest BCUT2D eigenvalue weighted by Gasteiger charge is -2.17. The lowest BCUT2D eigenvalue weighted by Crippen LogP contribution is -2.43. The summed E-state index contributed by atoms with van der Waals surface area (Å²) in [6.07, 6.45) is 1.96. The number of fused-ring (bicyclic) bond motifs is 1. The summed E-state index contributed by atoms with van der Waals surface area (Å²) in [7, 11) is 0. The van der Waals surface area contributed by atoms with Gasteiger partial charge in [-0.25, -0.2) is 4.79 Å². The zero-order valence-corrected chi connectivity index (χ0v) is 19.3. The fourth-order valence-corrected chi connectivity index (χ4v) is 4.13. The zero-order valence-electron chi connectivity index (χ0n) is 18.4. The van der Waals surface area contributed by atoms with Gasteiger partial charge in [-0.05, 0) is 47.3 Å². The van der Waals surface area contributed by atoms with E-state index < -0.39 is 36.3 Å². The molecule has 0 aliphatic carbocycles. The van der Waals surface area contributed by atoms with Crippen molar-refractivity contribution in [2.45, 2.75) is 12.5 Å². The highest BCUT2D eigenvalue weighted by Gasteiger charge is 2.25. The summed E-state index contributed by atoms with van der Waals surface area (Å²) in [5.74, 6) is -2.29. The van der Waals surface area contributed by atoms with Crippen LogP contribution in [0, 0.1) is 0 Å². The SMILES string of the molecule is NC(=O)c1ccc(NC(=O)COC(=O)C(Cc2c[nH]c3ccccc23)NC(=O)c2cccs2)cc1. The molecule has 1 unspecified atom stereocenters. The number of aromatic amines is 1. The number of carbonyl (C=O) groups excluding carboxylic acids is 4. The van der Waals surface area contributed by atoms with E-state index in [4.69, 9.17) is 10.5 Å². The topological polar surface area (TPSA) is 143 Å². The van der Waals surface area contributed by atoms with Gasteiger partial charge in [0.15, 0.2) is 6.61 Å². The van der Waals surface area contributed by atoms with Gasteiger partial charge in [-0.1, -0.05) is 24.3 Å². The third kappa shape index (κ3) is 5.92. The second-order valence-corrected chi connectivity index (χ2v) is 8.61. The molecule has 5 N–H and O–H groups in total. The standard InChI is InChI=1S/C25H22N4O5S/c26-23(31)15-7-9-17(10-8-15)28-22(30)14-34-25(33)20(29-24(32)21-6-3-11-35-21)12-16-13-27-19-5-2-1-4-18(16)19/h1-11,13,20,27H,12,14H2,(H2,26,31)(H,28,30)(H,29,32). The highest BCUT2D eigenvalue weighted by Crippen LogP contribution is 2.20. The van der Waals surface area contributed by atoms with Crippen LogP contribution in [-0.4, -0.2) is 41.3 Å². The Morgan fingerprint density at radius 3 is 2.49 bits per heavy atom. The van der Waals surface area contributed by atoms with Crippen LogP contribution in [-0.2, 0) is 20.7 Å². The summed E-state index contributed by atoms with van der Waals surface area (Å²) in [6, 6.07) is 16.0. The van der Waals surface area contributed by atoms with Crippen molar-refractivity contribution in [2.75, 3.05) is 11.9 Å². The number of amides is 3. The van der Waals surface area contributed by atoms with Crippen LogP contribution in [0.2, 0.25) is 0 Å². The molecule has 1 atom stereocenters. The average Bonchev–Trinajstić information content (AvgIpc) is 3.53. The maximum Gasteiger partial charge on any atom is 0.329 e. The van der Waals surface area contributed by atoms with Crippen molar-refractivity contribution in [3.63, 3.8) is 0 Å². The maximum atomic E-state index is 12.9. The number of aromatic nitrogens is 1. The summed E-state index contributed by atoms with van der Waals surface area (Å²) in [4.78, 5) is 52.6. The first-order valence-electron chi connectivity index (χ1n) is 10.7. The second-order valence-electron chi connectivity index (χ2n) is 7.66. The summed E-state index contributed by atoms with van der Waals surface area (Å²) < 4.78 is 5.23. The Morgan fingerprint density at radius 2 is 1.77 bits per heavy atom. The molecule has 4 rings (SSSR count). The number of primary amides is 1. The average molecular weight is 491 g/mol. The molecule has 0 aliphatic heterocycles. The molecule has 0 spiro atoms. The van der Waals surface area contributed by atoms with Crippen LogP contribution >= 0.6 is 11.3 Å². The Balaban J connectivity index is 1.42. The zero-order chi connectivity index (χ0) is 24.8. The smallest absolute Gasteiger partial charge is 0.329 e. The molecule has 2 aromatic carbocycles. The van der Waals surface area contributed by atoms with Crippen LogP contribution in [0.1, 0.15) is 25.6 Å². The Labute approximate surface area is 204 Å². The van der Waals surface area contributed by atoms with Crippen LogP contribution in [0.5, 0.6) is 0 Å². The number of benzene rings is 2. The van der Waals surface area contributed by atoms with Crippen LogP contribution < -0.4 is 16.4 Å². The van der Waals surface area contributed by atoms with Crippen LogP contribution in [0.25, 0.3) is 10.9 Å². The fourth-order valence-electron chi connectivity index (χ4n) is 3.50. The van der Waals surface area contributed by atoms with Gasteiger partial charge in [-0.3, -0.25) is 14.4 Å². The predicted octanol–water partition coefficient (Wildman–Crippen LogP) is 2.85. The number of anilines is 1. The molecule has 0 saturated carbocycles. The van der Waals surface area contributed by atoms with E-state index in [0.29, 0.717) is 16.1 Å². The van der Waals surface area contributed by atoms with Crippen LogP contribution in [0.4, 0.5) is 5.69 Å². The van der Waals surface area contributed by atoms with Gasteiger partial charge in [0.05, 0.1) is 4.88 Å². The van der Waals surface area contributed by atoms with Crippen LogP contribution in [0.15, 0.2) is 72.2 Å². The second kappa shape index (κ2) is 10.7. The Hall–Kier alpha value is -4.44. The molecular formula is C25H22N4O5S. The van der Waals surface area contributed by atoms with Gasteiger partial charge in [0.2, 0.25) is 5.91 Å². The molecule has 0 aliphatic rings. The van der Waals surface area contributed by atoms with Gasteiger partial charge in [0, 0.05) is 34.8 Å². The minimum atomic E-state index is -1.01. The highest BCUT2D eigenvalue weighted by atomic mass is 32.1. The first-order valence-corrected chi connectivity index (χ1v) is 11.5. The van der Waals surface area contributed by atoms with Crippen LogP contribution in [0.3, 0.4) is 0 Å². The molecule has 10 heteroatoms. The number of esters is 1. The first kappa shape index (κ1) is 23.7. The number of carbonyl (C=O) groups is 4. The molecule has 0 bridgehead atoms. The number of rotatable bonds is 9. The number of H-pyrrole nitrogens is 1. The normalized spacial score (nSPS) is 11.5. The van der Waals surface area contributed by atoms with E-state index in [1.54, 1.807) is 23.7 Å². The predicted molar refractivity (Wildman–Crippen MR) is 132 cm³/mol. The summed E-state index contributed by atoms with van der Waals surface area (Å²) in [5.41, 5.74) is 7.65. The van der Waals surface area contributed by atoms with E-state index in [2.05, 4.69) is 15.6 Å². The monoisotopic (exact) mass is 490 g/mol. The molecule has 0 radical (unpaired) electrons. The third-order valence-corrected chi connectivity index (χ3v) is 6.10. The van der Waals surface area contributed by atoms with E-state index in [0.717, 1.165) is 16.5 Å². The molecule has 4 aromatic rings. The van der Waals surface area contributed by atoms with Crippen molar-refractivity contribution in [3.05, 3.63) is 88.2 Å². The molecule has 2 heterocycles. The summed E-state index contributed by atoms with van der Waals surface area (Å²) in [5, 5.41) is 7.99. The van der Waals surface area contributed by atoms with E-state index in [1.165, 1.54) is 35.6 Å². The lowest BCUT2D eigenvalue weighted by atomic mass is 10.0. The van der Waals surface area contributed by atoms with Crippen molar-refractivity contribution in [1.82, 2.24) is 10.3 Å².